The topological polar surface area (TPSA) is 67.3 Å². The smallest absolute Gasteiger partial charge is 0.337 e. The van der Waals surface area contributed by atoms with E-state index in [1.54, 1.807) is 0 Å². The molecule has 2 heterocycles. The first-order chi connectivity index (χ1) is 13.0. The minimum atomic E-state index is -0.283. The van der Waals surface area contributed by atoms with E-state index in [4.69, 9.17) is 14.7 Å². The lowest BCUT2D eigenvalue weighted by Crippen LogP contribution is -2.31. The zero-order chi connectivity index (χ0) is 19.0. The number of aromatic nitrogens is 2. The summed E-state index contributed by atoms with van der Waals surface area (Å²) >= 11 is 0. The highest BCUT2D eigenvalue weighted by molar-refractivity contribution is 5.89. The summed E-state index contributed by atoms with van der Waals surface area (Å²) in [6, 6.07) is 8.28. The first kappa shape index (κ1) is 17.8. The van der Waals surface area contributed by atoms with E-state index in [-0.39, 0.29) is 5.97 Å². The van der Waals surface area contributed by atoms with Crippen LogP contribution in [0.3, 0.4) is 0 Å². The van der Waals surface area contributed by atoms with Gasteiger partial charge in [0, 0.05) is 31.1 Å². The minimum Gasteiger partial charge on any atom is -0.465 e. The van der Waals surface area contributed by atoms with Crippen molar-refractivity contribution in [2.45, 2.75) is 51.6 Å². The SMILES string of the molecule is COC(=O)c1ccc2c(c1)CCN(c1cc(C3CC3)nc(NC(C)C)n1)C2. The number of nitrogens with zero attached hydrogens (tertiary/aromatic N) is 3. The molecule has 1 aromatic carbocycles. The van der Waals surface area contributed by atoms with Gasteiger partial charge in [-0.05, 0) is 56.4 Å². The molecule has 27 heavy (non-hydrogen) atoms. The number of hydrogen-bond acceptors (Lipinski definition) is 6. The number of anilines is 2. The Balaban J connectivity index is 1.59. The Kier molecular flexibility index (Phi) is 4.72. The van der Waals surface area contributed by atoms with E-state index in [0.717, 1.165) is 37.0 Å². The number of carbonyl (C=O) groups is 1. The fourth-order valence-corrected chi connectivity index (χ4v) is 3.52. The normalized spacial score (nSPS) is 16.2. The summed E-state index contributed by atoms with van der Waals surface area (Å²) in [4.78, 5) is 23.5. The number of methoxy groups -OCH3 is 1. The van der Waals surface area contributed by atoms with Crippen molar-refractivity contribution in [2.24, 2.45) is 0 Å². The van der Waals surface area contributed by atoms with Crippen molar-refractivity contribution >= 4 is 17.7 Å². The van der Waals surface area contributed by atoms with Crippen LogP contribution < -0.4 is 10.2 Å². The fraction of sp³-hybridized carbons (Fsp3) is 0.476. The second-order valence-electron chi connectivity index (χ2n) is 7.69. The standard InChI is InChI=1S/C21H26N4O2/c1-13(2)22-21-23-18(14-4-5-14)11-19(24-21)25-9-8-15-10-16(20(26)27-3)6-7-17(15)12-25/h6-7,10-11,13-14H,4-5,8-9,12H2,1-3H3,(H,22,23,24). The lowest BCUT2D eigenvalue weighted by atomic mass is 9.97. The van der Waals surface area contributed by atoms with Gasteiger partial charge < -0.3 is 15.0 Å². The van der Waals surface area contributed by atoms with Gasteiger partial charge in [0.25, 0.3) is 0 Å². The lowest BCUT2D eigenvalue weighted by Gasteiger charge is -2.30. The highest BCUT2D eigenvalue weighted by Crippen LogP contribution is 2.40. The van der Waals surface area contributed by atoms with Crippen molar-refractivity contribution in [1.82, 2.24) is 9.97 Å². The Labute approximate surface area is 160 Å². The molecule has 0 spiro atoms. The van der Waals surface area contributed by atoms with Crippen LogP contribution in [0.4, 0.5) is 11.8 Å². The van der Waals surface area contributed by atoms with Crippen molar-refractivity contribution in [3.63, 3.8) is 0 Å². The molecule has 0 amide bonds. The summed E-state index contributed by atoms with van der Waals surface area (Å²) in [5, 5.41) is 3.35. The number of esters is 1. The van der Waals surface area contributed by atoms with Gasteiger partial charge in [0.05, 0.1) is 18.4 Å². The number of hydrogen-bond donors (Lipinski definition) is 1. The zero-order valence-corrected chi connectivity index (χ0v) is 16.2. The maximum Gasteiger partial charge on any atom is 0.337 e. The molecule has 1 saturated carbocycles. The van der Waals surface area contributed by atoms with Gasteiger partial charge in [0.15, 0.2) is 0 Å². The molecular formula is C21H26N4O2. The van der Waals surface area contributed by atoms with Crippen LogP contribution in [-0.4, -0.2) is 35.6 Å². The Morgan fingerprint density at radius 1 is 1.22 bits per heavy atom. The highest BCUT2D eigenvalue weighted by atomic mass is 16.5. The van der Waals surface area contributed by atoms with Gasteiger partial charge in [0.1, 0.15) is 5.82 Å². The zero-order valence-electron chi connectivity index (χ0n) is 16.2. The van der Waals surface area contributed by atoms with Crippen molar-refractivity contribution in [3.8, 4) is 0 Å². The maximum atomic E-state index is 11.8. The molecule has 2 aliphatic rings. The van der Waals surface area contributed by atoms with Crippen LogP contribution in [0.5, 0.6) is 0 Å². The molecule has 142 valence electrons. The average molecular weight is 366 g/mol. The molecule has 1 aliphatic carbocycles. The molecule has 0 atom stereocenters. The molecule has 1 N–H and O–H groups in total. The van der Waals surface area contributed by atoms with E-state index in [1.807, 2.05) is 18.2 Å². The molecule has 1 aromatic heterocycles. The Bertz CT molecular complexity index is 861. The van der Waals surface area contributed by atoms with Crippen molar-refractivity contribution in [3.05, 3.63) is 46.6 Å². The van der Waals surface area contributed by atoms with Crippen LogP contribution in [0, 0.1) is 0 Å². The summed E-state index contributed by atoms with van der Waals surface area (Å²) < 4.78 is 4.83. The molecule has 0 unspecified atom stereocenters. The molecule has 1 aliphatic heterocycles. The van der Waals surface area contributed by atoms with Crippen molar-refractivity contribution in [2.75, 3.05) is 23.9 Å². The molecule has 2 aromatic rings. The average Bonchev–Trinajstić information content (AvgIpc) is 3.51. The molecule has 1 fully saturated rings. The molecule has 6 heteroatoms. The minimum absolute atomic E-state index is 0.283. The van der Waals surface area contributed by atoms with E-state index in [0.29, 0.717) is 17.5 Å². The van der Waals surface area contributed by atoms with Gasteiger partial charge in [-0.2, -0.15) is 4.98 Å². The van der Waals surface area contributed by atoms with Gasteiger partial charge in [-0.25, -0.2) is 9.78 Å². The van der Waals surface area contributed by atoms with Crippen LogP contribution in [0.2, 0.25) is 0 Å². The van der Waals surface area contributed by atoms with Crippen LogP contribution in [-0.2, 0) is 17.7 Å². The summed E-state index contributed by atoms with van der Waals surface area (Å²) in [6.45, 7) is 5.87. The third kappa shape index (κ3) is 3.89. The number of rotatable bonds is 5. The number of benzene rings is 1. The number of carbonyl (C=O) groups excluding carboxylic acids is 1. The Morgan fingerprint density at radius 3 is 2.74 bits per heavy atom. The number of nitrogens with one attached hydrogen (secondary N) is 1. The maximum absolute atomic E-state index is 11.8. The van der Waals surface area contributed by atoms with Crippen LogP contribution >= 0.6 is 0 Å². The van der Waals surface area contributed by atoms with Gasteiger partial charge >= 0.3 is 5.97 Å². The molecule has 0 bridgehead atoms. The summed E-state index contributed by atoms with van der Waals surface area (Å²) in [5.41, 5.74) is 4.21. The third-order valence-corrected chi connectivity index (χ3v) is 5.11. The van der Waals surface area contributed by atoms with E-state index >= 15 is 0 Å². The third-order valence-electron chi connectivity index (χ3n) is 5.11. The second-order valence-corrected chi connectivity index (χ2v) is 7.69. The number of fused-ring (bicyclic) bond motifs is 1. The molecule has 4 rings (SSSR count). The predicted molar refractivity (Wildman–Crippen MR) is 105 cm³/mol. The Morgan fingerprint density at radius 2 is 2.04 bits per heavy atom. The van der Waals surface area contributed by atoms with Crippen LogP contribution in [0.15, 0.2) is 24.3 Å². The fourth-order valence-electron chi connectivity index (χ4n) is 3.52. The van der Waals surface area contributed by atoms with E-state index in [9.17, 15) is 4.79 Å². The molecule has 0 saturated heterocycles. The Hall–Kier alpha value is -2.63. The van der Waals surface area contributed by atoms with Gasteiger partial charge in [-0.3, -0.25) is 0 Å². The predicted octanol–water partition coefficient (Wildman–Crippen LogP) is 3.52. The van der Waals surface area contributed by atoms with Gasteiger partial charge in [0.2, 0.25) is 5.95 Å². The largest absolute Gasteiger partial charge is 0.465 e. The molecular weight excluding hydrogens is 340 g/mol. The quantitative estimate of drug-likeness (QED) is 0.817. The molecule has 6 nitrogen and oxygen atoms in total. The second kappa shape index (κ2) is 7.18. The van der Waals surface area contributed by atoms with Crippen LogP contribution in [0.25, 0.3) is 0 Å². The monoisotopic (exact) mass is 366 g/mol. The van der Waals surface area contributed by atoms with E-state index in [2.05, 4.69) is 30.1 Å². The van der Waals surface area contributed by atoms with E-state index in [1.165, 1.54) is 31.1 Å². The van der Waals surface area contributed by atoms with Gasteiger partial charge in [-0.1, -0.05) is 6.07 Å². The van der Waals surface area contributed by atoms with Crippen molar-refractivity contribution in [1.29, 1.82) is 0 Å². The summed E-state index contributed by atoms with van der Waals surface area (Å²) in [5.74, 6) is 2.00. The lowest BCUT2D eigenvalue weighted by molar-refractivity contribution is 0.0600. The molecule has 0 radical (unpaired) electrons. The van der Waals surface area contributed by atoms with Gasteiger partial charge in [-0.15, -0.1) is 0 Å². The summed E-state index contributed by atoms with van der Waals surface area (Å²) in [7, 11) is 1.42. The first-order valence-electron chi connectivity index (χ1n) is 9.64. The van der Waals surface area contributed by atoms with Crippen molar-refractivity contribution < 1.29 is 9.53 Å². The highest BCUT2D eigenvalue weighted by Gasteiger charge is 2.28. The first-order valence-corrected chi connectivity index (χ1v) is 9.64. The van der Waals surface area contributed by atoms with Crippen LogP contribution in [0.1, 0.15) is 59.8 Å². The summed E-state index contributed by atoms with van der Waals surface area (Å²) in [6.07, 6.45) is 3.32. The van der Waals surface area contributed by atoms with E-state index < -0.39 is 0 Å². The number of ether oxygens (including phenoxy) is 1.